The molecule has 7 rings (SSSR count). The van der Waals surface area contributed by atoms with Crippen LogP contribution in [0.2, 0.25) is 0 Å². The highest BCUT2D eigenvalue weighted by atomic mass is 16.5. The van der Waals surface area contributed by atoms with Crippen LogP contribution in [-0.2, 0) is 19.2 Å². The summed E-state index contributed by atoms with van der Waals surface area (Å²) in [5, 5.41) is 9.18. The first-order valence-electron chi connectivity index (χ1n) is 15.6. The van der Waals surface area contributed by atoms with E-state index in [0.29, 0.717) is 30.0 Å². The van der Waals surface area contributed by atoms with E-state index in [1.807, 2.05) is 42.5 Å². The van der Waals surface area contributed by atoms with Crippen molar-refractivity contribution in [2.45, 2.75) is 18.8 Å². The van der Waals surface area contributed by atoms with Crippen molar-refractivity contribution >= 4 is 47.2 Å². The molecule has 1 saturated carbocycles. The quantitative estimate of drug-likeness (QED) is 0.270. The number of benzene rings is 3. The van der Waals surface area contributed by atoms with Gasteiger partial charge in [-0.25, -0.2) is 0 Å². The molecule has 0 spiro atoms. The van der Waals surface area contributed by atoms with Crippen LogP contribution in [0.25, 0.3) is 12.2 Å². The average Bonchev–Trinajstić information content (AvgIpc) is 3.50. The number of anilines is 2. The number of rotatable bonds is 8. The monoisotopic (exact) mass is 614 g/mol. The molecule has 6 atom stereocenters. The van der Waals surface area contributed by atoms with Gasteiger partial charge in [-0.2, -0.15) is 0 Å². The molecule has 3 aromatic rings. The third-order valence-corrected chi connectivity index (χ3v) is 10.0. The molecule has 3 aromatic carbocycles. The lowest BCUT2D eigenvalue weighted by Crippen LogP contribution is -2.43. The summed E-state index contributed by atoms with van der Waals surface area (Å²) in [5.41, 5.74) is 4.53. The van der Waals surface area contributed by atoms with Crippen molar-refractivity contribution in [3.63, 3.8) is 0 Å². The number of ether oxygens (including phenoxy) is 1. The maximum Gasteiger partial charge on any atom is 0.238 e. The molecular formula is C38H34N2O6. The number of aliphatic hydroxyl groups excluding tert-OH is 1. The fourth-order valence-electron chi connectivity index (χ4n) is 7.93. The van der Waals surface area contributed by atoms with E-state index in [4.69, 9.17) is 4.74 Å². The summed E-state index contributed by atoms with van der Waals surface area (Å²) < 4.78 is 5.58. The lowest BCUT2D eigenvalue weighted by molar-refractivity contribution is -0.126. The van der Waals surface area contributed by atoms with E-state index in [9.17, 15) is 24.3 Å². The molecule has 2 aliphatic heterocycles. The van der Waals surface area contributed by atoms with Crippen LogP contribution in [0, 0.1) is 29.6 Å². The minimum atomic E-state index is -0.662. The van der Waals surface area contributed by atoms with Gasteiger partial charge in [0.05, 0.1) is 41.7 Å². The van der Waals surface area contributed by atoms with Gasteiger partial charge >= 0.3 is 0 Å². The first-order chi connectivity index (χ1) is 22.4. The van der Waals surface area contributed by atoms with Crippen molar-refractivity contribution in [1.82, 2.24) is 0 Å². The van der Waals surface area contributed by atoms with E-state index < -0.39 is 29.6 Å². The molecule has 1 N–H and O–H groups in total. The molecule has 232 valence electrons. The Labute approximate surface area is 267 Å². The molecule has 8 nitrogen and oxygen atoms in total. The highest BCUT2D eigenvalue weighted by Crippen LogP contribution is 2.58. The molecule has 2 heterocycles. The smallest absolute Gasteiger partial charge is 0.238 e. The maximum atomic E-state index is 14.3. The van der Waals surface area contributed by atoms with E-state index in [1.165, 1.54) is 9.80 Å². The molecule has 0 aromatic heterocycles. The SMILES string of the molecule is C=Cc1ccc(N2C(=O)C3CC=C4C(CC5C(=O)N(c6ccc(C=C)cc6)C(=O)C5C4c4ccc(OCCO)cc4)C3C2=O)cc1. The molecule has 0 radical (unpaired) electrons. The number of carbonyl (C=O) groups is 4. The molecule has 4 amide bonds. The number of imide groups is 2. The van der Waals surface area contributed by atoms with E-state index >= 15 is 0 Å². The van der Waals surface area contributed by atoms with Gasteiger partial charge in [0.15, 0.2) is 0 Å². The van der Waals surface area contributed by atoms with E-state index in [-0.39, 0.29) is 42.8 Å². The van der Waals surface area contributed by atoms with Gasteiger partial charge in [-0.1, -0.05) is 73.4 Å². The zero-order chi connectivity index (χ0) is 32.1. The second kappa shape index (κ2) is 11.7. The van der Waals surface area contributed by atoms with Gasteiger partial charge in [-0.05, 0) is 71.8 Å². The number of hydrogen-bond donors (Lipinski definition) is 1. The lowest BCUT2D eigenvalue weighted by Gasteiger charge is -2.44. The Kier molecular flexibility index (Phi) is 7.53. The van der Waals surface area contributed by atoms with Crippen molar-refractivity contribution < 1.29 is 29.0 Å². The average molecular weight is 615 g/mol. The molecule has 2 aliphatic carbocycles. The summed E-state index contributed by atoms with van der Waals surface area (Å²) in [7, 11) is 0. The van der Waals surface area contributed by atoms with Crippen molar-refractivity contribution in [2.75, 3.05) is 23.0 Å². The number of allylic oxidation sites excluding steroid dienone is 2. The molecule has 3 fully saturated rings. The topological polar surface area (TPSA) is 104 Å². The maximum absolute atomic E-state index is 14.3. The number of fused-ring (bicyclic) bond motifs is 4. The third kappa shape index (κ3) is 4.63. The summed E-state index contributed by atoms with van der Waals surface area (Å²) in [4.78, 5) is 59.0. The van der Waals surface area contributed by atoms with Gasteiger partial charge in [0.25, 0.3) is 0 Å². The Morgan fingerprint density at radius 2 is 1.24 bits per heavy atom. The Morgan fingerprint density at radius 3 is 1.78 bits per heavy atom. The molecule has 6 unspecified atom stereocenters. The van der Waals surface area contributed by atoms with Crippen LogP contribution in [0.5, 0.6) is 5.75 Å². The predicted octanol–water partition coefficient (Wildman–Crippen LogP) is 5.39. The molecule has 0 bridgehead atoms. The van der Waals surface area contributed by atoms with Gasteiger partial charge in [0.1, 0.15) is 12.4 Å². The fourth-order valence-corrected chi connectivity index (χ4v) is 7.93. The summed E-state index contributed by atoms with van der Waals surface area (Å²) in [6.07, 6.45) is 6.13. The summed E-state index contributed by atoms with van der Waals surface area (Å²) >= 11 is 0. The number of carbonyl (C=O) groups excluding carboxylic acids is 4. The van der Waals surface area contributed by atoms with Gasteiger partial charge in [-0.15, -0.1) is 0 Å². The zero-order valence-electron chi connectivity index (χ0n) is 25.2. The minimum absolute atomic E-state index is 0.117. The van der Waals surface area contributed by atoms with Crippen LogP contribution >= 0.6 is 0 Å². The molecule has 2 saturated heterocycles. The van der Waals surface area contributed by atoms with Crippen LogP contribution in [-0.4, -0.2) is 41.9 Å². The second-order valence-electron chi connectivity index (χ2n) is 12.3. The first kappa shape index (κ1) is 29.6. The van der Waals surface area contributed by atoms with Crippen molar-refractivity contribution in [3.05, 3.63) is 114 Å². The second-order valence-corrected chi connectivity index (χ2v) is 12.3. The van der Waals surface area contributed by atoms with Gasteiger partial charge in [0, 0.05) is 5.92 Å². The van der Waals surface area contributed by atoms with Crippen LogP contribution in [0.1, 0.15) is 35.4 Å². The summed E-state index contributed by atoms with van der Waals surface area (Å²) in [5.74, 6) is -3.83. The van der Waals surface area contributed by atoms with Crippen molar-refractivity contribution in [3.8, 4) is 5.75 Å². The Balaban J connectivity index is 1.29. The molecule has 4 aliphatic rings. The fraction of sp³-hybridized carbons (Fsp3) is 0.263. The predicted molar refractivity (Wildman–Crippen MR) is 175 cm³/mol. The van der Waals surface area contributed by atoms with Gasteiger partial charge in [-0.3, -0.25) is 29.0 Å². The van der Waals surface area contributed by atoms with Crippen LogP contribution in [0.3, 0.4) is 0 Å². The van der Waals surface area contributed by atoms with Crippen LogP contribution in [0.15, 0.2) is 97.6 Å². The highest BCUT2D eigenvalue weighted by molar-refractivity contribution is 6.24. The van der Waals surface area contributed by atoms with Gasteiger partial charge < -0.3 is 9.84 Å². The highest BCUT2D eigenvalue weighted by Gasteiger charge is 2.62. The normalized spacial score (nSPS) is 26.8. The number of hydrogen-bond acceptors (Lipinski definition) is 6. The lowest BCUT2D eigenvalue weighted by atomic mass is 9.57. The summed E-state index contributed by atoms with van der Waals surface area (Å²) in [6.45, 7) is 7.61. The standard InChI is InChI=1S/C38H34N2O6/c1-3-22-5-11-25(12-6-22)39-35(42)29-18-17-28-30(33(29)37(39)44)21-31-34(32(28)24-9-15-27(16-10-24)46-20-19-41)38(45)40(36(31)43)26-13-7-23(4-2)8-14-26/h3-17,29-34,41H,1-2,18-21H2. The number of nitrogens with zero attached hydrogens (tertiary/aromatic N) is 2. The molecular weight excluding hydrogens is 580 g/mol. The van der Waals surface area contributed by atoms with Crippen LogP contribution < -0.4 is 14.5 Å². The van der Waals surface area contributed by atoms with Crippen LogP contribution in [0.4, 0.5) is 11.4 Å². The number of aliphatic hydroxyl groups is 1. The molecule has 8 heteroatoms. The zero-order valence-corrected chi connectivity index (χ0v) is 25.2. The third-order valence-electron chi connectivity index (χ3n) is 10.0. The van der Waals surface area contributed by atoms with Crippen molar-refractivity contribution in [1.29, 1.82) is 0 Å². The van der Waals surface area contributed by atoms with Gasteiger partial charge in [0.2, 0.25) is 23.6 Å². The largest absolute Gasteiger partial charge is 0.491 e. The Morgan fingerprint density at radius 1 is 0.696 bits per heavy atom. The Bertz CT molecular complexity index is 1780. The van der Waals surface area contributed by atoms with E-state index in [2.05, 4.69) is 13.2 Å². The first-order valence-corrected chi connectivity index (χ1v) is 15.6. The van der Waals surface area contributed by atoms with E-state index in [0.717, 1.165) is 22.3 Å². The summed E-state index contributed by atoms with van der Waals surface area (Å²) in [6, 6.07) is 21.7. The van der Waals surface area contributed by atoms with E-state index in [1.54, 1.807) is 48.6 Å². The number of amides is 4. The molecule has 46 heavy (non-hydrogen) atoms. The minimum Gasteiger partial charge on any atom is -0.491 e. The van der Waals surface area contributed by atoms with Crippen molar-refractivity contribution in [2.24, 2.45) is 29.6 Å². The Hall–Kier alpha value is -5.08.